The van der Waals surface area contributed by atoms with Gasteiger partial charge in [0.2, 0.25) is 0 Å². The van der Waals surface area contributed by atoms with E-state index in [2.05, 4.69) is 10.3 Å². The predicted octanol–water partition coefficient (Wildman–Crippen LogP) is 5.35. The summed E-state index contributed by atoms with van der Waals surface area (Å²) in [6.45, 7) is -0.525. The molecule has 1 amide bonds. The summed E-state index contributed by atoms with van der Waals surface area (Å²) in [6, 6.07) is 12.1. The molecule has 0 atom stereocenters. The van der Waals surface area contributed by atoms with Gasteiger partial charge in [-0.05, 0) is 30.5 Å². The molecule has 3 aromatic rings. The molecule has 2 aromatic carbocycles. The third kappa shape index (κ3) is 5.05. The minimum absolute atomic E-state index is 0.175. The number of anilines is 1. The first-order valence-corrected chi connectivity index (χ1v) is 10.5. The van der Waals surface area contributed by atoms with Crippen LogP contribution in [-0.4, -0.2) is 34.3 Å². The normalized spacial score (nSPS) is 10.6. The van der Waals surface area contributed by atoms with Crippen molar-refractivity contribution in [3.8, 4) is 5.69 Å². The summed E-state index contributed by atoms with van der Waals surface area (Å²) in [5.74, 6) is -1.29. The van der Waals surface area contributed by atoms with Crippen LogP contribution in [0.4, 0.5) is 5.69 Å². The molecule has 0 fully saturated rings. The molecule has 29 heavy (non-hydrogen) atoms. The third-order valence-corrected chi connectivity index (χ3v) is 5.21. The highest BCUT2D eigenvalue weighted by atomic mass is 35.5. The molecule has 6 nitrogen and oxygen atoms in total. The molecule has 1 heterocycles. The number of aromatic nitrogens is 2. The Morgan fingerprint density at radius 2 is 1.79 bits per heavy atom. The maximum Gasteiger partial charge on any atom is 0.357 e. The second kappa shape index (κ2) is 9.54. The number of nitrogens with one attached hydrogen (secondary N) is 1. The van der Waals surface area contributed by atoms with Crippen LogP contribution in [0.25, 0.3) is 5.69 Å². The number of nitrogens with zero attached hydrogens (tertiary/aromatic N) is 2. The number of para-hydroxylation sites is 1. The number of carbonyl (C=O) groups excluding carboxylic acids is 2. The Morgan fingerprint density at radius 3 is 2.41 bits per heavy atom. The first-order chi connectivity index (χ1) is 13.9. The standard InChI is InChI=1S/C19H14Cl3N3O3S/c1-29-19-23-9-15(25(19)12-5-3-2-4-6-12)18(27)28-10-16(26)24-17-13(21)7-11(20)8-14(17)22/h2-9H,10H2,1H3,(H,24,26). The van der Waals surface area contributed by atoms with Gasteiger partial charge in [-0.3, -0.25) is 9.36 Å². The van der Waals surface area contributed by atoms with Crippen molar-refractivity contribution in [3.05, 3.63) is 69.4 Å². The van der Waals surface area contributed by atoms with Gasteiger partial charge in [0.1, 0.15) is 0 Å². The number of esters is 1. The Hall–Kier alpha value is -2.19. The molecule has 0 aliphatic carbocycles. The highest BCUT2D eigenvalue weighted by molar-refractivity contribution is 7.98. The Morgan fingerprint density at radius 1 is 1.14 bits per heavy atom. The van der Waals surface area contributed by atoms with Gasteiger partial charge < -0.3 is 10.1 Å². The molecule has 10 heteroatoms. The minimum Gasteiger partial charge on any atom is -0.451 e. The lowest BCUT2D eigenvalue weighted by Gasteiger charge is -2.12. The lowest BCUT2D eigenvalue weighted by Crippen LogP contribution is -2.22. The highest BCUT2D eigenvalue weighted by Gasteiger charge is 2.20. The molecule has 0 radical (unpaired) electrons. The van der Waals surface area contributed by atoms with Crippen molar-refractivity contribution in [1.29, 1.82) is 0 Å². The van der Waals surface area contributed by atoms with Crippen molar-refractivity contribution >= 4 is 64.1 Å². The lowest BCUT2D eigenvalue weighted by atomic mass is 10.3. The molecule has 0 aliphatic heterocycles. The van der Waals surface area contributed by atoms with Crippen molar-refractivity contribution in [2.75, 3.05) is 18.2 Å². The van der Waals surface area contributed by atoms with E-state index in [0.29, 0.717) is 10.2 Å². The zero-order valence-electron chi connectivity index (χ0n) is 15.0. The molecule has 1 N–H and O–H groups in total. The maximum atomic E-state index is 12.6. The van der Waals surface area contributed by atoms with Crippen LogP contribution < -0.4 is 5.32 Å². The van der Waals surface area contributed by atoms with Crippen LogP contribution in [0.5, 0.6) is 0 Å². The number of amides is 1. The van der Waals surface area contributed by atoms with Crippen molar-refractivity contribution in [2.45, 2.75) is 5.16 Å². The predicted molar refractivity (Wildman–Crippen MR) is 116 cm³/mol. The minimum atomic E-state index is -0.690. The van der Waals surface area contributed by atoms with E-state index in [9.17, 15) is 9.59 Å². The van der Waals surface area contributed by atoms with Crippen molar-refractivity contribution < 1.29 is 14.3 Å². The molecule has 0 spiro atoms. The van der Waals surface area contributed by atoms with E-state index in [4.69, 9.17) is 39.5 Å². The summed E-state index contributed by atoms with van der Waals surface area (Å²) in [5.41, 5.74) is 1.15. The summed E-state index contributed by atoms with van der Waals surface area (Å²) in [6.07, 6.45) is 3.26. The number of hydrogen-bond donors (Lipinski definition) is 1. The van der Waals surface area contributed by atoms with E-state index >= 15 is 0 Å². The van der Waals surface area contributed by atoms with Crippen molar-refractivity contribution in [2.24, 2.45) is 0 Å². The Balaban J connectivity index is 1.72. The van der Waals surface area contributed by atoms with Crippen LogP contribution in [0, 0.1) is 0 Å². The van der Waals surface area contributed by atoms with Crippen LogP contribution in [0.1, 0.15) is 10.5 Å². The quantitative estimate of drug-likeness (QED) is 0.388. The van der Waals surface area contributed by atoms with Gasteiger partial charge >= 0.3 is 5.97 Å². The fraction of sp³-hybridized carbons (Fsp3) is 0.105. The largest absolute Gasteiger partial charge is 0.451 e. The molecule has 150 valence electrons. The second-order valence-electron chi connectivity index (χ2n) is 5.67. The number of hydrogen-bond acceptors (Lipinski definition) is 5. The van der Waals surface area contributed by atoms with Crippen LogP contribution in [0.15, 0.2) is 53.8 Å². The number of thioether (sulfide) groups is 1. The van der Waals surface area contributed by atoms with Gasteiger partial charge in [0, 0.05) is 10.7 Å². The van der Waals surface area contributed by atoms with Crippen LogP contribution in [-0.2, 0) is 9.53 Å². The molecule has 3 rings (SSSR count). The molecular weight excluding hydrogens is 457 g/mol. The Bertz CT molecular complexity index is 1030. The zero-order chi connectivity index (χ0) is 21.0. The van der Waals surface area contributed by atoms with E-state index in [1.165, 1.54) is 30.1 Å². The average Bonchev–Trinajstić information content (AvgIpc) is 3.13. The molecular formula is C19H14Cl3N3O3S. The summed E-state index contributed by atoms with van der Waals surface area (Å²) in [4.78, 5) is 29.0. The van der Waals surface area contributed by atoms with E-state index in [1.54, 1.807) is 4.57 Å². The van der Waals surface area contributed by atoms with Crippen molar-refractivity contribution in [3.63, 3.8) is 0 Å². The summed E-state index contributed by atoms with van der Waals surface area (Å²) in [7, 11) is 0. The molecule has 0 saturated heterocycles. The number of imidazole rings is 1. The van der Waals surface area contributed by atoms with E-state index in [-0.39, 0.29) is 21.4 Å². The van der Waals surface area contributed by atoms with E-state index in [1.807, 2.05) is 36.6 Å². The lowest BCUT2D eigenvalue weighted by molar-refractivity contribution is -0.119. The van der Waals surface area contributed by atoms with E-state index in [0.717, 1.165) is 5.69 Å². The van der Waals surface area contributed by atoms with E-state index < -0.39 is 18.5 Å². The highest BCUT2D eigenvalue weighted by Crippen LogP contribution is 2.33. The number of carbonyl (C=O) groups is 2. The van der Waals surface area contributed by atoms with Crippen LogP contribution in [0.3, 0.4) is 0 Å². The SMILES string of the molecule is CSc1ncc(C(=O)OCC(=O)Nc2c(Cl)cc(Cl)cc2Cl)n1-c1ccccc1. The monoisotopic (exact) mass is 469 g/mol. The van der Waals surface area contributed by atoms with Crippen molar-refractivity contribution in [1.82, 2.24) is 9.55 Å². The molecule has 1 aromatic heterocycles. The maximum absolute atomic E-state index is 12.6. The fourth-order valence-electron chi connectivity index (χ4n) is 2.49. The van der Waals surface area contributed by atoms with Gasteiger partial charge in [-0.1, -0.05) is 64.8 Å². The average molecular weight is 471 g/mol. The first-order valence-electron chi connectivity index (χ1n) is 8.19. The van der Waals surface area contributed by atoms with Gasteiger partial charge in [0.05, 0.1) is 21.9 Å². The van der Waals surface area contributed by atoms with Gasteiger partial charge in [-0.2, -0.15) is 0 Å². The number of halogens is 3. The van der Waals surface area contributed by atoms with Gasteiger partial charge in [0.15, 0.2) is 17.5 Å². The molecule has 0 saturated carbocycles. The fourth-order valence-corrected chi connectivity index (χ4v) is 3.95. The number of benzene rings is 2. The second-order valence-corrected chi connectivity index (χ2v) is 7.69. The van der Waals surface area contributed by atoms with Gasteiger partial charge in [-0.15, -0.1) is 0 Å². The number of rotatable bonds is 6. The summed E-state index contributed by atoms with van der Waals surface area (Å²) < 4.78 is 6.82. The Labute approximate surface area is 186 Å². The summed E-state index contributed by atoms with van der Waals surface area (Å²) in [5, 5.41) is 3.81. The van der Waals surface area contributed by atoms with Crippen LogP contribution in [0.2, 0.25) is 15.1 Å². The van der Waals surface area contributed by atoms with Crippen LogP contribution >= 0.6 is 46.6 Å². The molecule has 0 aliphatic rings. The van der Waals surface area contributed by atoms with Gasteiger partial charge in [0.25, 0.3) is 5.91 Å². The Kier molecular flexibility index (Phi) is 7.08. The first kappa shape index (κ1) is 21.5. The third-order valence-electron chi connectivity index (χ3n) is 3.74. The molecule has 0 unspecified atom stereocenters. The smallest absolute Gasteiger partial charge is 0.357 e. The van der Waals surface area contributed by atoms with Gasteiger partial charge in [-0.25, -0.2) is 9.78 Å². The molecule has 0 bridgehead atoms. The topological polar surface area (TPSA) is 73.2 Å². The summed E-state index contributed by atoms with van der Waals surface area (Å²) >= 11 is 19.3. The zero-order valence-corrected chi connectivity index (χ0v) is 18.1. The number of ether oxygens (including phenoxy) is 1.